The molecule has 1 aliphatic rings. The average molecular weight is 354 g/mol. The van der Waals surface area contributed by atoms with E-state index in [0.29, 0.717) is 6.54 Å². The number of carbonyl (C=O) groups excluding carboxylic acids is 1. The molecule has 1 N–H and O–H groups in total. The van der Waals surface area contributed by atoms with Crippen molar-refractivity contribution in [1.29, 1.82) is 0 Å². The fourth-order valence-electron chi connectivity index (χ4n) is 3.52. The Balaban J connectivity index is 1.72. The number of amides is 1. The van der Waals surface area contributed by atoms with Gasteiger partial charge in [0.15, 0.2) is 11.5 Å². The predicted molar refractivity (Wildman–Crippen MR) is 103 cm³/mol. The molecule has 2 aromatic rings. The van der Waals surface area contributed by atoms with Crippen LogP contribution in [-0.2, 0) is 11.2 Å². The Labute approximate surface area is 154 Å². The molecule has 0 saturated carbocycles. The third kappa shape index (κ3) is 3.83. The monoisotopic (exact) mass is 354 g/mol. The van der Waals surface area contributed by atoms with Gasteiger partial charge in [-0.25, -0.2) is 0 Å². The number of aryl methyl sites for hydroxylation is 1. The number of anilines is 1. The molecule has 1 aliphatic heterocycles. The van der Waals surface area contributed by atoms with Crippen LogP contribution in [0, 0.1) is 6.92 Å². The van der Waals surface area contributed by atoms with Gasteiger partial charge in [-0.3, -0.25) is 9.69 Å². The van der Waals surface area contributed by atoms with E-state index < -0.39 is 0 Å². The van der Waals surface area contributed by atoms with Crippen LogP contribution >= 0.6 is 0 Å². The lowest BCUT2D eigenvalue weighted by Crippen LogP contribution is -2.39. The lowest BCUT2D eigenvalue weighted by atomic mass is 9.93. The zero-order valence-corrected chi connectivity index (χ0v) is 15.8. The largest absolute Gasteiger partial charge is 0.493 e. The van der Waals surface area contributed by atoms with Crippen molar-refractivity contribution >= 4 is 11.6 Å². The van der Waals surface area contributed by atoms with Gasteiger partial charge in [0, 0.05) is 18.3 Å². The summed E-state index contributed by atoms with van der Waals surface area (Å²) in [5.74, 6) is 1.49. The molecule has 0 aromatic heterocycles. The molecule has 3 rings (SSSR count). The summed E-state index contributed by atoms with van der Waals surface area (Å²) < 4.78 is 10.8. The highest BCUT2D eigenvalue weighted by atomic mass is 16.5. The summed E-state index contributed by atoms with van der Waals surface area (Å²) in [6, 6.07) is 12.1. The van der Waals surface area contributed by atoms with E-state index in [0.717, 1.165) is 35.7 Å². The number of benzene rings is 2. The van der Waals surface area contributed by atoms with E-state index in [1.54, 1.807) is 14.2 Å². The first-order valence-corrected chi connectivity index (χ1v) is 8.87. The van der Waals surface area contributed by atoms with E-state index in [1.807, 2.05) is 37.3 Å². The molecular weight excluding hydrogens is 328 g/mol. The molecule has 0 spiro atoms. The number of rotatable bonds is 5. The molecule has 0 bridgehead atoms. The van der Waals surface area contributed by atoms with Crippen LogP contribution in [0.4, 0.5) is 5.69 Å². The van der Waals surface area contributed by atoms with Crippen LogP contribution in [-0.4, -0.2) is 38.1 Å². The number of fused-ring (bicyclic) bond motifs is 1. The molecule has 2 aromatic carbocycles. The van der Waals surface area contributed by atoms with Gasteiger partial charge < -0.3 is 14.8 Å². The molecule has 0 radical (unpaired) electrons. The molecular formula is C21H26N2O3. The standard InChI is InChI=1S/C21H26N2O3/c1-14-6-5-7-17(10-14)22-21(24)13-23-9-8-16-11-19(25-3)20(26-4)12-18(16)15(23)2/h5-7,10-12,15H,8-9,13H2,1-4H3,(H,22,24)/t15-/m1/s1. The second-order valence-corrected chi connectivity index (χ2v) is 6.72. The van der Waals surface area contributed by atoms with E-state index in [-0.39, 0.29) is 11.9 Å². The highest BCUT2D eigenvalue weighted by molar-refractivity contribution is 5.92. The SMILES string of the molecule is COc1cc2c(cc1OC)[C@@H](C)N(CC(=O)Nc1cccc(C)c1)CC2. The van der Waals surface area contributed by atoms with Crippen molar-refractivity contribution in [2.75, 3.05) is 32.6 Å². The lowest BCUT2D eigenvalue weighted by Gasteiger charge is -2.35. The Morgan fingerprint density at radius 2 is 1.92 bits per heavy atom. The highest BCUT2D eigenvalue weighted by Gasteiger charge is 2.27. The molecule has 1 atom stereocenters. The van der Waals surface area contributed by atoms with Gasteiger partial charge >= 0.3 is 0 Å². The molecule has 5 nitrogen and oxygen atoms in total. The van der Waals surface area contributed by atoms with Crippen molar-refractivity contribution in [2.45, 2.75) is 26.3 Å². The quantitative estimate of drug-likeness (QED) is 0.892. The van der Waals surface area contributed by atoms with Gasteiger partial charge in [-0.15, -0.1) is 0 Å². The van der Waals surface area contributed by atoms with E-state index in [1.165, 1.54) is 11.1 Å². The first-order valence-electron chi connectivity index (χ1n) is 8.87. The van der Waals surface area contributed by atoms with Crippen molar-refractivity contribution in [2.24, 2.45) is 0 Å². The van der Waals surface area contributed by atoms with Crippen LogP contribution in [0.15, 0.2) is 36.4 Å². The summed E-state index contributed by atoms with van der Waals surface area (Å²) >= 11 is 0. The average Bonchev–Trinajstić information content (AvgIpc) is 2.63. The van der Waals surface area contributed by atoms with Gasteiger partial charge in [0.1, 0.15) is 0 Å². The normalized spacial score (nSPS) is 16.7. The van der Waals surface area contributed by atoms with Gasteiger partial charge in [-0.05, 0) is 61.2 Å². The summed E-state index contributed by atoms with van der Waals surface area (Å²) in [4.78, 5) is 14.7. The molecule has 0 aliphatic carbocycles. The number of carbonyl (C=O) groups is 1. The summed E-state index contributed by atoms with van der Waals surface area (Å²) in [6.45, 7) is 5.35. The predicted octanol–water partition coefficient (Wildman–Crippen LogP) is 3.57. The van der Waals surface area contributed by atoms with Crippen molar-refractivity contribution in [3.63, 3.8) is 0 Å². The number of hydrogen-bond donors (Lipinski definition) is 1. The second kappa shape index (κ2) is 7.79. The van der Waals surface area contributed by atoms with Crippen LogP contribution in [0.3, 0.4) is 0 Å². The molecule has 5 heteroatoms. The second-order valence-electron chi connectivity index (χ2n) is 6.72. The van der Waals surface area contributed by atoms with Gasteiger partial charge in [-0.2, -0.15) is 0 Å². The van der Waals surface area contributed by atoms with E-state index >= 15 is 0 Å². The minimum atomic E-state index is 0.00590. The summed E-state index contributed by atoms with van der Waals surface area (Å²) in [5.41, 5.74) is 4.42. The number of nitrogens with one attached hydrogen (secondary N) is 1. The van der Waals surface area contributed by atoms with Gasteiger partial charge in [0.2, 0.25) is 5.91 Å². The molecule has 0 fully saturated rings. The molecule has 0 saturated heterocycles. The van der Waals surface area contributed by atoms with Crippen LogP contribution < -0.4 is 14.8 Å². The fraction of sp³-hybridized carbons (Fsp3) is 0.381. The van der Waals surface area contributed by atoms with Crippen molar-refractivity contribution < 1.29 is 14.3 Å². The maximum atomic E-state index is 12.5. The third-order valence-corrected chi connectivity index (χ3v) is 4.96. The smallest absolute Gasteiger partial charge is 0.238 e. The van der Waals surface area contributed by atoms with E-state index in [4.69, 9.17) is 9.47 Å². The third-order valence-electron chi connectivity index (χ3n) is 4.96. The van der Waals surface area contributed by atoms with Gasteiger partial charge in [-0.1, -0.05) is 12.1 Å². The minimum Gasteiger partial charge on any atom is -0.493 e. The molecule has 0 unspecified atom stereocenters. The van der Waals surface area contributed by atoms with E-state index in [2.05, 4.69) is 23.2 Å². The van der Waals surface area contributed by atoms with Crippen LogP contribution in [0.1, 0.15) is 29.7 Å². The first-order chi connectivity index (χ1) is 12.5. The number of hydrogen-bond acceptors (Lipinski definition) is 4. The zero-order valence-electron chi connectivity index (χ0n) is 15.8. The molecule has 1 amide bonds. The van der Waals surface area contributed by atoms with Crippen molar-refractivity contribution in [1.82, 2.24) is 4.90 Å². The maximum Gasteiger partial charge on any atom is 0.238 e. The van der Waals surface area contributed by atoms with Crippen molar-refractivity contribution in [3.8, 4) is 11.5 Å². The molecule has 138 valence electrons. The Morgan fingerprint density at radius 3 is 2.62 bits per heavy atom. The maximum absolute atomic E-state index is 12.5. The van der Waals surface area contributed by atoms with Crippen LogP contribution in [0.2, 0.25) is 0 Å². The van der Waals surface area contributed by atoms with Crippen LogP contribution in [0.5, 0.6) is 11.5 Å². The minimum absolute atomic E-state index is 0.00590. The Morgan fingerprint density at radius 1 is 1.19 bits per heavy atom. The number of ether oxygens (including phenoxy) is 2. The lowest BCUT2D eigenvalue weighted by molar-refractivity contribution is -0.117. The summed E-state index contributed by atoms with van der Waals surface area (Å²) in [5, 5.41) is 2.99. The Kier molecular flexibility index (Phi) is 5.47. The van der Waals surface area contributed by atoms with Crippen molar-refractivity contribution in [3.05, 3.63) is 53.1 Å². The number of methoxy groups -OCH3 is 2. The molecule has 1 heterocycles. The van der Waals surface area contributed by atoms with E-state index in [9.17, 15) is 4.79 Å². The fourth-order valence-corrected chi connectivity index (χ4v) is 3.52. The first kappa shape index (κ1) is 18.3. The van der Waals surface area contributed by atoms with Crippen LogP contribution in [0.25, 0.3) is 0 Å². The van der Waals surface area contributed by atoms with Gasteiger partial charge in [0.25, 0.3) is 0 Å². The summed E-state index contributed by atoms with van der Waals surface area (Å²) in [7, 11) is 3.29. The number of nitrogens with zero attached hydrogens (tertiary/aromatic N) is 1. The van der Waals surface area contributed by atoms with Gasteiger partial charge in [0.05, 0.1) is 20.8 Å². The Bertz CT molecular complexity index is 804. The summed E-state index contributed by atoms with van der Waals surface area (Å²) in [6.07, 6.45) is 0.887. The Hall–Kier alpha value is -2.53. The zero-order chi connectivity index (χ0) is 18.7. The topological polar surface area (TPSA) is 50.8 Å². The molecule has 26 heavy (non-hydrogen) atoms. The highest BCUT2D eigenvalue weighted by Crippen LogP contribution is 2.37.